The lowest BCUT2D eigenvalue weighted by Gasteiger charge is -2.41. The molecular formula is C20H26N2O6. The highest BCUT2D eigenvalue weighted by Crippen LogP contribution is 2.36. The van der Waals surface area contributed by atoms with Crippen molar-refractivity contribution in [3.05, 3.63) is 40.8 Å². The average molecular weight is 390 g/mol. The number of hydrogen-bond donors (Lipinski definition) is 1. The van der Waals surface area contributed by atoms with Gasteiger partial charge in [-0.25, -0.2) is 0 Å². The average Bonchev–Trinajstić information content (AvgIpc) is 3.12. The Hall–Kier alpha value is -2.58. The summed E-state index contributed by atoms with van der Waals surface area (Å²) in [5, 5.41) is 13.9. The third-order valence-corrected chi connectivity index (χ3v) is 5.02. The van der Waals surface area contributed by atoms with E-state index in [1.54, 1.807) is 32.1 Å². The first-order chi connectivity index (χ1) is 13.5. The van der Waals surface area contributed by atoms with Crippen LogP contribution < -0.4 is 9.47 Å². The van der Waals surface area contributed by atoms with Gasteiger partial charge < -0.3 is 28.7 Å². The molecule has 2 atom stereocenters. The molecule has 8 nitrogen and oxygen atoms in total. The number of ether oxygens (including phenoxy) is 3. The normalized spacial score (nSPS) is 19.5. The maximum absolute atomic E-state index is 13.4. The van der Waals surface area contributed by atoms with Crippen LogP contribution in [0.5, 0.6) is 11.5 Å². The van der Waals surface area contributed by atoms with E-state index in [9.17, 15) is 9.90 Å². The second-order valence-corrected chi connectivity index (χ2v) is 6.56. The SMILES string of the molecule is CCc1noc(C)c1C(=O)N1CCO[C@@H](CO)[C@@H]1c1ccc(OC)c(OC)c1. The fourth-order valence-corrected chi connectivity index (χ4v) is 3.62. The highest BCUT2D eigenvalue weighted by molar-refractivity contribution is 5.96. The van der Waals surface area contributed by atoms with Crippen LogP contribution in [0.25, 0.3) is 0 Å². The van der Waals surface area contributed by atoms with E-state index in [2.05, 4.69) is 5.16 Å². The van der Waals surface area contributed by atoms with Crippen molar-refractivity contribution in [3.63, 3.8) is 0 Å². The van der Waals surface area contributed by atoms with Gasteiger partial charge in [0.15, 0.2) is 11.5 Å². The molecule has 0 saturated carbocycles. The number of nitrogens with zero attached hydrogens (tertiary/aromatic N) is 2. The maximum Gasteiger partial charge on any atom is 0.260 e. The first kappa shape index (κ1) is 20.2. The van der Waals surface area contributed by atoms with Gasteiger partial charge in [-0.15, -0.1) is 0 Å². The third-order valence-electron chi connectivity index (χ3n) is 5.02. The molecule has 2 aromatic rings. The maximum atomic E-state index is 13.4. The number of morpholine rings is 1. The highest BCUT2D eigenvalue weighted by atomic mass is 16.5. The summed E-state index contributed by atoms with van der Waals surface area (Å²) in [7, 11) is 3.12. The van der Waals surface area contributed by atoms with Crippen molar-refractivity contribution in [2.75, 3.05) is 34.0 Å². The summed E-state index contributed by atoms with van der Waals surface area (Å²) in [6.07, 6.45) is 0.0359. The van der Waals surface area contributed by atoms with E-state index in [-0.39, 0.29) is 12.5 Å². The predicted octanol–water partition coefficient (Wildman–Crippen LogP) is 2.14. The van der Waals surface area contributed by atoms with Crippen molar-refractivity contribution in [2.24, 2.45) is 0 Å². The Morgan fingerprint density at radius 1 is 1.32 bits per heavy atom. The van der Waals surface area contributed by atoms with Gasteiger partial charge in [0, 0.05) is 6.54 Å². The van der Waals surface area contributed by atoms with Crippen molar-refractivity contribution in [1.82, 2.24) is 10.1 Å². The molecule has 3 rings (SSSR count). The van der Waals surface area contributed by atoms with Crippen molar-refractivity contribution >= 4 is 5.91 Å². The van der Waals surface area contributed by atoms with E-state index in [0.717, 1.165) is 5.56 Å². The van der Waals surface area contributed by atoms with Crippen LogP contribution in [0.1, 0.15) is 40.3 Å². The van der Waals surface area contributed by atoms with Gasteiger partial charge in [0.05, 0.1) is 39.2 Å². The van der Waals surface area contributed by atoms with Crippen LogP contribution >= 0.6 is 0 Å². The molecule has 1 amide bonds. The van der Waals surface area contributed by atoms with Crippen LogP contribution in [0.15, 0.2) is 22.7 Å². The second kappa shape index (κ2) is 8.62. The molecule has 1 aromatic heterocycles. The summed E-state index contributed by atoms with van der Waals surface area (Å²) >= 11 is 0. The molecule has 1 aliphatic heterocycles. The molecule has 1 fully saturated rings. The van der Waals surface area contributed by atoms with E-state index >= 15 is 0 Å². The molecule has 8 heteroatoms. The number of amides is 1. The first-order valence-electron chi connectivity index (χ1n) is 9.26. The Kier molecular flexibility index (Phi) is 6.21. The number of carbonyl (C=O) groups is 1. The second-order valence-electron chi connectivity index (χ2n) is 6.56. The zero-order valence-corrected chi connectivity index (χ0v) is 16.6. The van der Waals surface area contributed by atoms with Crippen LogP contribution in [0.3, 0.4) is 0 Å². The molecule has 1 N–H and O–H groups in total. The number of aliphatic hydroxyl groups is 1. The minimum Gasteiger partial charge on any atom is -0.493 e. The summed E-state index contributed by atoms with van der Waals surface area (Å²) in [6.45, 7) is 4.17. The lowest BCUT2D eigenvalue weighted by atomic mass is 9.96. The number of benzene rings is 1. The van der Waals surface area contributed by atoms with Crippen molar-refractivity contribution in [3.8, 4) is 11.5 Å². The number of rotatable bonds is 6. The summed E-state index contributed by atoms with van der Waals surface area (Å²) < 4.78 is 21.7. The van der Waals surface area contributed by atoms with E-state index < -0.39 is 12.1 Å². The Labute approximate surface area is 164 Å². The molecule has 0 aliphatic carbocycles. The lowest BCUT2D eigenvalue weighted by Crippen LogP contribution is -2.49. The molecule has 1 saturated heterocycles. The summed E-state index contributed by atoms with van der Waals surface area (Å²) in [4.78, 5) is 15.1. The van der Waals surface area contributed by atoms with E-state index in [4.69, 9.17) is 18.7 Å². The van der Waals surface area contributed by atoms with Crippen molar-refractivity contribution in [2.45, 2.75) is 32.4 Å². The van der Waals surface area contributed by atoms with Gasteiger partial charge in [-0.1, -0.05) is 18.1 Å². The molecule has 2 heterocycles. The molecule has 0 spiro atoms. The lowest BCUT2D eigenvalue weighted by molar-refractivity contribution is -0.0812. The molecule has 28 heavy (non-hydrogen) atoms. The molecular weight excluding hydrogens is 364 g/mol. The van der Waals surface area contributed by atoms with E-state index in [1.165, 1.54) is 0 Å². The van der Waals surface area contributed by atoms with Crippen molar-refractivity contribution in [1.29, 1.82) is 0 Å². The van der Waals surface area contributed by atoms with Gasteiger partial charge in [-0.3, -0.25) is 4.79 Å². The van der Waals surface area contributed by atoms with Crippen molar-refractivity contribution < 1.29 is 28.6 Å². The predicted molar refractivity (Wildman–Crippen MR) is 101 cm³/mol. The molecule has 1 aromatic carbocycles. The van der Waals surface area contributed by atoms with Crippen LogP contribution in [0.4, 0.5) is 0 Å². The van der Waals surface area contributed by atoms with Crippen LogP contribution in [0, 0.1) is 6.92 Å². The van der Waals surface area contributed by atoms with Crippen LogP contribution in [-0.2, 0) is 11.2 Å². The fourth-order valence-electron chi connectivity index (χ4n) is 3.62. The van der Waals surface area contributed by atoms with Crippen LogP contribution in [-0.4, -0.2) is 61.2 Å². The van der Waals surface area contributed by atoms with Gasteiger partial charge in [-0.05, 0) is 31.0 Å². The third kappa shape index (κ3) is 3.57. The van der Waals surface area contributed by atoms with E-state index in [0.29, 0.717) is 48.1 Å². The quantitative estimate of drug-likeness (QED) is 0.807. The molecule has 0 bridgehead atoms. The Bertz CT molecular complexity index is 834. The Morgan fingerprint density at radius 3 is 2.71 bits per heavy atom. The number of hydrogen-bond acceptors (Lipinski definition) is 7. The highest BCUT2D eigenvalue weighted by Gasteiger charge is 2.38. The number of aryl methyl sites for hydroxylation is 2. The van der Waals surface area contributed by atoms with Gasteiger partial charge in [0.1, 0.15) is 17.4 Å². The summed E-state index contributed by atoms with van der Waals surface area (Å²) in [5.74, 6) is 1.44. The molecule has 0 radical (unpaired) electrons. The van der Waals surface area contributed by atoms with Gasteiger partial charge >= 0.3 is 0 Å². The van der Waals surface area contributed by atoms with Gasteiger partial charge in [0.2, 0.25) is 0 Å². The fraction of sp³-hybridized carbons (Fsp3) is 0.500. The standard InChI is InChI=1S/C20H26N2O6/c1-5-14-18(12(2)28-21-14)20(24)22-8-9-27-17(11-23)19(22)13-6-7-15(25-3)16(10-13)26-4/h6-7,10,17,19,23H,5,8-9,11H2,1-4H3/t17-,19-/m0/s1. The Morgan fingerprint density at radius 2 is 2.07 bits per heavy atom. The summed E-state index contributed by atoms with van der Waals surface area (Å²) in [6, 6.07) is 4.96. The van der Waals surface area contributed by atoms with Gasteiger partial charge in [0.25, 0.3) is 5.91 Å². The first-order valence-corrected chi connectivity index (χ1v) is 9.26. The number of carbonyl (C=O) groups excluding carboxylic acids is 1. The molecule has 152 valence electrons. The topological polar surface area (TPSA) is 94.3 Å². The smallest absolute Gasteiger partial charge is 0.260 e. The Balaban J connectivity index is 2.04. The zero-order chi connectivity index (χ0) is 20.3. The zero-order valence-electron chi connectivity index (χ0n) is 16.6. The number of methoxy groups -OCH3 is 2. The van der Waals surface area contributed by atoms with E-state index in [1.807, 2.05) is 19.1 Å². The molecule has 0 unspecified atom stereocenters. The van der Waals surface area contributed by atoms with Crippen LogP contribution in [0.2, 0.25) is 0 Å². The number of aliphatic hydroxyl groups excluding tert-OH is 1. The number of aromatic nitrogens is 1. The minimum absolute atomic E-state index is 0.183. The summed E-state index contributed by atoms with van der Waals surface area (Å²) in [5.41, 5.74) is 1.89. The monoisotopic (exact) mass is 390 g/mol. The largest absolute Gasteiger partial charge is 0.493 e. The van der Waals surface area contributed by atoms with Gasteiger partial charge in [-0.2, -0.15) is 0 Å². The minimum atomic E-state index is -0.555. The molecule has 1 aliphatic rings.